The molecule has 0 atom stereocenters. The van der Waals surface area contributed by atoms with E-state index in [9.17, 15) is 18.8 Å². The number of halogens is 2. The molecule has 0 bridgehead atoms. The van der Waals surface area contributed by atoms with Gasteiger partial charge in [0, 0.05) is 11.4 Å². The molecule has 0 saturated carbocycles. The Bertz CT molecular complexity index is 1370. The van der Waals surface area contributed by atoms with Crippen LogP contribution in [0.2, 0.25) is 5.02 Å². The van der Waals surface area contributed by atoms with Gasteiger partial charge in [-0.25, -0.2) is 14.1 Å². The van der Waals surface area contributed by atoms with Gasteiger partial charge in [-0.2, -0.15) is 0 Å². The second-order valence-electron chi connectivity index (χ2n) is 7.91. The molecule has 4 rings (SSSR count). The van der Waals surface area contributed by atoms with Crippen molar-refractivity contribution in [3.05, 3.63) is 99.3 Å². The van der Waals surface area contributed by atoms with Gasteiger partial charge in [0.15, 0.2) is 0 Å². The minimum Gasteiger partial charge on any atom is -0.494 e. The third-order valence-electron chi connectivity index (χ3n) is 5.62. The minimum atomic E-state index is -0.849. The quantitative estimate of drug-likeness (QED) is 0.367. The van der Waals surface area contributed by atoms with Crippen molar-refractivity contribution in [3.8, 4) is 5.75 Å². The molecular weight excluding hydrogens is 471 g/mol. The van der Waals surface area contributed by atoms with Crippen LogP contribution in [-0.4, -0.2) is 24.5 Å². The van der Waals surface area contributed by atoms with Crippen LogP contribution in [0.25, 0.3) is 6.08 Å². The summed E-state index contributed by atoms with van der Waals surface area (Å²) in [5.41, 5.74) is 2.39. The lowest BCUT2D eigenvalue weighted by Gasteiger charge is -2.27. The van der Waals surface area contributed by atoms with E-state index in [0.29, 0.717) is 40.5 Å². The lowest BCUT2D eigenvalue weighted by molar-refractivity contribution is -0.122. The average molecular weight is 493 g/mol. The SMILES string of the molecule is CCOc1cc(/C=C2\C(=O)NC(=O)N(c3cccc(Cl)c3C)C2=O)ccc1Cc1ccccc1F. The highest BCUT2D eigenvalue weighted by molar-refractivity contribution is 6.39. The molecule has 1 aliphatic rings. The summed E-state index contributed by atoms with van der Waals surface area (Å²) in [5, 5.41) is 2.59. The molecular formula is C27H22ClFN2O4. The molecule has 4 amide bonds. The summed E-state index contributed by atoms with van der Waals surface area (Å²) >= 11 is 6.16. The number of ether oxygens (including phenoxy) is 1. The fraction of sp³-hybridized carbons (Fsp3) is 0.148. The molecule has 0 aromatic heterocycles. The number of amides is 4. The van der Waals surface area contributed by atoms with E-state index in [-0.39, 0.29) is 17.1 Å². The number of carbonyl (C=O) groups is 3. The first-order valence-corrected chi connectivity index (χ1v) is 11.3. The van der Waals surface area contributed by atoms with Gasteiger partial charge in [0.05, 0.1) is 12.3 Å². The molecule has 1 fully saturated rings. The van der Waals surface area contributed by atoms with E-state index in [2.05, 4.69) is 5.32 Å². The van der Waals surface area contributed by atoms with E-state index < -0.39 is 17.8 Å². The summed E-state index contributed by atoms with van der Waals surface area (Å²) in [5.74, 6) is -1.37. The molecule has 1 heterocycles. The van der Waals surface area contributed by atoms with E-state index in [1.807, 2.05) is 6.92 Å². The normalized spacial score (nSPS) is 14.9. The summed E-state index contributed by atoms with van der Waals surface area (Å²) in [4.78, 5) is 39.2. The molecule has 3 aromatic carbocycles. The molecule has 1 saturated heterocycles. The summed E-state index contributed by atoms with van der Waals surface area (Å²) in [6.07, 6.45) is 1.71. The second kappa shape index (κ2) is 10.1. The summed E-state index contributed by atoms with van der Waals surface area (Å²) in [6.45, 7) is 3.88. The maximum atomic E-state index is 14.2. The van der Waals surface area contributed by atoms with E-state index in [1.165, 1.54) is 12.1 Å². The van der Waals surface area contributed by atoms with Crippen LogP contribution in [0.15, 0.2) is 66.2 Å². The average Bonchev–Trinajstić information content (AvgIpc) is 2.82. The van der Waals surface area contributed by atoms with E-state index in [4.69, 9.17) is 16.3 Å². The number of anilines is 1. The Morgan fingerprint density at radius 1 is 1.03 bits per heavy atom. The van der Waals surface area contributed by atoms with Crippen LogP contribution in [0.5, 0.6) is 5.75 Å². The van der Waals surface area contributed by atoms with Crippen LogP contribution < -0.4 is 15.0 Å². The number of benzene rings is 3. The van der Waals surface area contributed by atoms with Crippen molar-refractivity contribution in [1.29, 1.82) is 0 Å². The number of barbiturate groups is 1. The van der Waals surface area contributed by atoms with Crippen LogP contribution >= 0.6 is 11.6 Å². The molecule has 0 spiro atoms. The zero-order valence-electron chi connectivity index (χ0n) is 19.1. The molecule has 35 heavy (non-hydrogen) atoms. The summed E-state index contributed by atoms with van der Waals surface area (Å²) in [7, 11) is 0. The number of urea groups is 1. The number of nitrogens with one attached hydrogen (secondary N) is 1. The third kappa shape index (κ3) is 4.95. The smallest absolute Gasteiger partial charge is 0.335 e. The zero-order chi connectivity index (χ0) is 25.1. The van der Waals surface area contributed by atoms with Gasteiger partial charge in [-0.1, -0.05) is 48.0 Å². The zero-order valence-corrected chi connectivity index (χ0v) is 19.9. The van der Waals surface area contributed by atoms with Gasteiger partial charge in [0.1, 0.15) is 17.1 Å². The molecule has 178 valence electrons. The van der Waals surface area contributed by atoms with E-state index in [0.717, 1.165) is 10.5 Å². The number of rotatable bonds is 6. The van der Waals surface area contributed by atoms with Gasteiger partial charge in [-0.3, -0.25) is 14.9 Å². The van der Waals surface area contributed by atoms with Gasteiger partial charge < -0.3 is 4.74 Å². The van der Waals surface area contributed by atoms with Gasteiger partial charge in [-0.15, -0.1) is 0 Å². The third-order valence-corrected chi connectivity index (χ3v) is 6.03. The monoisotopic (exact) mass is 492 g/mol. The number of hydrogen-bond acceptors (Lipinski definition) is 4. The van der Waals surface area contributed by atoms with Crippen molar-refractivity contribution < 1.29 is 23.5 Å². The molecule has 1 aliphatic heterocycles. The van der Waals surface area contributed by atoms with Crippen molar-refractivity contribution in [3.63, 3.8) is 0 Å². The molecule has 0 radical (unpaired) electrons. The second-order valence-corrected chi connectivity index (χ2v) is 8.32. The van der Waals surface area contributed by atoms with Crippen LogP contribution in [0.4, 0.5) is 14.9 Å². The number of carbonyl (C=O) groups excluding carboxylic acids is 3. The first-order valence-electron chi connectivity index (χ1n) is 11.0. The van der Waals surface area contributed by atoms with Crippen molar-refractivity contribution in [2.24, 2.45) is 0 Å². The van der Waals surface area contributed by atoms with Crippen molar-refractivity contribution in [2.75, 3.05) is 11.5 Å². The Hall–Kier alpha value is -3.97. The summed E-state index contributed by atoms with van der Waals surface area (Å²) < 4.78 is 19.9. The van der Waals surface area contributed by atoms with Crippen LogP contribution in [0, 0.1) is 12.7 Å². The largest absolute Gasteiger partial charge is 0.494 e. The Balaban J connectivity index is 1.70. The molecule has 8 heteroatoms. The molecule has 0 unspecified atom stereocenters. The Labute approximate surface area is 207 Å². The molecule has 3 aromatic rings. The molecule has 6 nitrogen and oxygen atoms in total. The maximum Gasteiger partial charge on any atom is 0.335 e. The van der Waals surface area contributed by atoms with Crippen LogP contribution in [0.3, 0.4) is 0 Å². The van der Waals surface area contributed by atoms with Crippen LogP contribution in [0.1, 0.15) is 29.2 Å². The first-order chi connectivity index (χ1) is 16.8. The van der Waals surface area contributed by atoms with E-state index in [1.54, 1.807) is 61.5 Å². The molecule has 0 aliphatic carbocycles. The lowest BCUT2D eigenvalue weighted by atomic mass is 10.00. The highest BCUT2D eigenvalue weighted by Gasteiger charge is 2.37. The minimum absolute atomic E-state index is 0.215. The molecule has 1 N–H and O–H groups in total. The summed E-state index contributed by atoms with van der Waals surface area (Å²) in [6, 6.07) is 15.6. The fourth-order valence-corrected chi connectivity index (χ4v) is 3.99. The highest BCUT2D eigenvalue weighted by atomic mass is 35.5. The lowest BCUT2D eigenvalue weighted by Crippen LogP contribution is -2.54. The predicted molar refractivity (Wildman–Crippen MR) is 132 cm³/mol. The highest BCUT2D eigenvalue weighted by Crippen LogP contribution is 2.30. The van der Waals surface area contributed by atoms with Crippen molar-refractivity contribution in [2.45, 2.75) is 20.3 Å². The van der Waals surface area contributed by atoms with Crippen molar-refractivity contribution in [1.82, 2.24) is 5.32 Å². The Kier molecular flexibility index (Phi) is 6.98. The topological polar surface area (TPSA) is 75.7 Å². The van der Waals surface area contributed by atoms with Gasteiger partial charge >= 0.3 is 6.03 Å². The van der Waals surface area contributed by atoms with Gasteiger partial charge in [0.25, 0.3) is 11.8 Å². The van der Waals surface area contributed by atoms with Crippen LogP contribution in [-0.2, 0) is 16.0 Å². The first kappa shape index (κ1) is 24.2. The number of nitrogens with zero attached hydrogens (tertiary/aromatic N) is 1. The Morgan fingerprint density at radius 3 is 2.54 bits per heavy atom. The number of hydrogen-bond donors (Lipinski definition) is 1. The standard InChI is InChI=1S/C27H22ClFN2O4/c1-3-35-24-14-17(11-12-19(24)15-18-7-4-5-9-22(18)29)13-20-25(32)30-27(34)31(26(20)33)23-10-6-8-21(28)16(23)2/h4-14H,3,15H2,1-2H3,(H,30,32,34)/b20-13+. The van der Waals surface area contributed by atoms with Crippen molar-refractivity contribution >= 4 is 41.2 Å². The maximum absolute atomic E-state index is 14.2. The van der Waals surface area contributed by atoms with Gasteiger partial charge in [0.2, 0.25) is 0 Å². The van der Waals surface area contributed by atoms with Gasteiger partial charge in [-0.05, 0) is 66.4 Å². The Morgan fingerprint density at radius 2 is 1.80 bits per heavy atom. The predicted octanol–water partition coefficient (Wildman–Crippen LogP) is 5.44. The van der Waals surface area contributed by atoms with E-state index >= 15 is 0 Å². The fourth-order valence-electron chi connectivity index (χ4n) is 3.83. The number of imide groups is 2.